The topological polar surface area (TPSA) is 83.6 Å². The summed E-state index contributed by atoms with van der Waals surface area (Å²) >= 11 is 1.52. The summed E-state index contributed by atoms with van der Waals surface area (Å²) in [5.74, 6) is -0.887. The van der Waals surface area contributed by atoms with E-state index in [4.69, 9.17) is 9.52 Å². The lowest BCUT2D eigenvalue weighted by Gasteiger charge is -2.14. The molecule has 2 aromatic rings. The summed E-state index contributed by atoms with van der Waals surface area (Å²) in [7, 11) is 0. The van der Waals surface area contributed by atoms with Crippen molar-refractivity contribution in [1.29, 1.82) is 0 Å². The lowest BCUT2D eigenvalue weighted by molar-refractivity contribution is -0.141. The minimum atomic E-state index is -0.841. The highest BCUT2D eigenvalue weighted by atomic mass is 32.1. The van der Waals surface area contributed by atoms with Gasteiger partial charge in [-0.3, -0.25) is 9.59 Å². The summed E-state index contributed by atoms with van der Waals surface area (Å²) in [4.78, 5) is 29.8. The molecule has 0 saturated carbocycles. The first kappa shape index (κ1) is 13.8. The van der Waals surface area contributed by atoms with Crippen LogP contribution in [-0.2, 0) is 16.0 Å². The number of rotatable bonds is 4. The molecule has 0 bridgehead atoms. The average molecular weight is 306 g/mol. The third-order valence-corrected chi connectivity index (χ3v) is 4.36. The van der Waals surface area contributed by atoms with Crippen LogP contribution in [-0.4, -0.2) is 40.0 Å². The van der Waals surface area contributed by atoms with Crippen LogP contribution in [0.4, 0.5) is 0 Å². The van der Waals surface area contributed by atoms with Gasteiger partial charge in [0.2, 0.25) is 11.8 Å². The van der Waals surface area contributed by atoms with Crippen LogP contribution in [0.5, 0.6) is 0 Å². The summed E-state index contributed by atoms with van der Waals surface area (Å²) in [6.07, 6.45) is 2.14. The highest BCUT2D eigenvalue weighted by Crippen LogP contribution is 2.24. The number of hydrogen-bond donors (Lipinski definition) is 1. The molecule has 1 unspecified atom stereocenters. The molecule has 7 heteroatoms. The number of amides is 1. The molecule has 1 atom stereocenters. The Kier molecular flexibility index (Phi) is 3.74. The number of carboxylic acids is 1. The molecule has 0 spiro atoms. The quantitative estimate of drug-likeness (QED) is 0.932. The van der Waals surface area contributed by atoms with Gasteiger partial charge in [-0.2, -0.15) is 0 Å². The highest BCUT2D eigenvalue weighted by molar-refractivity contribution is 7.13. The Labute approximate surface area is 125 Å². The number of nitrogens with zero attached hydrogens (tertiary/aromatic N) is 2. The largest absolute Gasteiger partial charge is 0.481 e. The lowest BCUT2D eigenvalue weighted by Crippen LogP contribution is -2.31. The summed E-state index contributed by atoms with van der Waals surface area (Å²) in [6, 6.07) is 3.81. The summed E-state index contributed by atoms with van der Waals surface area (Å²) < 4.78 is 5.37. The zero-order valence-corrected chi connectivity index (χ0v) is 12.0. The molecule has 1 aliphatic heterocycles. The van der Waals surface area contributed by atoms with Crippen molar-refractivity contribution in [3.05, 3.63) is 29.5 Å². The van der Waals surface area contributed by atoms with Crippen LogP contribution in [0, 0.1) is 5.92 Å². The standard InChI is InChI=1S/C14H14N2O4S/c17-12(16-4-3-9(7-16)14(18)19)6-10-8-20-13(15-10)11-2-1-5-21-11/h1-2,5,8-9H,3-4,6-7H2,(H,18,19). The molecule has 21 heavy (non-hydrogen) atoms. The van der Waals surface area contributed by atoms with Gasteiger partial charge in [-0.05, 0) is 17.9 Å². The molecule has 1 amide bonds. The van der Waals surface area contributed by atoms with E-state index in [1.54, 1.807) is 4.90 Å². The van der Waals surface area contributed by atoms with Gasteiger partial charge in [0, 0.05) is 13.1 Å². The summed E-state index contributed by atoms with van der Waals surface area (Å²) in [6.45, 7) is 0.773. The summed E-state index contributed by atoms with van der Waals surface area (Å²) in [5.41, 5.74) is 0.571. The molecule has 3 heterocycles. The zero-order chi connectivity index (χ0) is 14.8. The SMILES string of the molecule is O=C(O)C1CCN(C(=O)Cc2coc(-c3cccs3)n2)C1. The van der Waals surface area contributed by atoms with Crippen molar-refractivity contribution in [3.8, 4) is 10.8 Å². The maximum absolute atomic E-state index is 12.1. The number of hydrogen-bond acceptors (Lipinski definition) is 5. The van der Waals surface area contributed by atoms with Gasteiger partial charge in [0.1, 0.15) is 6.26 Å². The Balaban J connectivity index is 1.62. The number of oxazole rings is 1. The number of likely N-dealkylation sites (tertiary alicyclic amines) is 1. The lowest BCUT2D eigenvalue weighted by atomic mass is 10.1. The van der Waals surface area contributed by atoms with Crippen LogP contribution in [0.25, 0.3) is 10.8 Å². The Hall–Kier alpha value is -2.15. The van der Waals surface area contributed by atoms with Crippen molar-refractivity contribution < 1.29 is 19.1 Å². The molecule has 3 rings (SSSR count). The molecule has 1 aliphatic rings. The highest BCUT2D eigenvalue weighted by Gasteiger charge is 2.31. The van der Waals surface area contributed by atoms with Crippen LogP contribution in [0.2, 0.25) is 0 Å². The van der Waals surface area contributed by atoms with Gasteiger partial charge in [-0.15, -0.1) is 11.3 Å². The molecule has 0 aliphatic carbocycles. The minimum absolute atomic E-state index is 0.107. The van der Waals surface area contributed by atoms with Crippen LogP contribution in [0.1, 0.15) is 12.1 Å². The maximum Gasteiger partial charge on any atom is 0.308 e. The second kappa shape index (κ2) is 5.69. The molecular weight excluding hydrogens is 292 g/mol. The van der Waals surface area contributed by atoms with Crippen LogP contribution < -0.4 is 0 Å². The van der Waals surface area contributed by atoms with E-state index in [9.17, 15) is 9.59 Å². The van der Waals surface area contributed by atoms with Gasteiger partial charge in [-0.1, -0.05) is 6.07 Å². The molecule has 110 valence electrons. The van der Waals surface area contributed by atoms with Crippen molar-refractivity contribution in [2.75, 3.05) is 13.1 Å². The van der Waals surface area contributed by atoms with Crippen molar-refractivity contribution in [3.63, 3.8) is 0 Å². The van der Waals surface area contributed by atoms with E-state index in [-0.39, 0.29) is 18.9 Å². The number of thiophene rings is 1. The van der Waals surface area contributed by atoms with Gasteiger partial charge in [0.05, 0.1) is 22.9 Å². The fourth-order valence-electron chi connectivity index (χ4n) is 2.36. The molecule has 2 aromatic heterocycles. The Morgan fingerprint density at radius 2 is 2.38 bits per heavy atom. The predicted octanol–water partition coefficient (Wildman–Crippen LogP) is 1.88. The monoisotopic (exact) mass is 306 g/mol. The summed E-state index contributed by atoms with van der Waals surface area (Å²) in [5, 5.41) is 10.9. The number of aliphatic carboxylic acids is 1. The van der Waals surface area contributed by atoms with Gasteiger partial charge in [0.15, 0.2) is 0 Å². The normalized spacial score (nSPS) is 18.1. The first-order valence-corrected chi connectivity index (χ1v) is 7.50. The molecule has 0 radical (unpaired) electrons. The predicted molar refractivity (Wildman–Crippen MR) is 75.8 cm³/mol. The number of carbonyl (C=O) groups is 2. The third-order valence-electron chi connectivity index (χ3n) is 3.51. The van der Waals surface area contributed by atoms with Crippen LogP contribution in [0.15, 0.2) is 28.2 Å². The Morgan fingerprint density at radius 1 is 1.52 bits per heavy atom. The molecule has 1 fully saturated rings. The van der Waals surface area contributed by atoms with E-state index < -0.39 is 11.9 Å². The van der Waals surface area contributed by atoms with Crippen molar-refractivity contribution >= 4 is 23.2 Å². The fourth-order valence-corrected chi connectivity index (χ4v) is 3.01. The molecular formula is C14H14N2O4S. The number of carbonyl (C=O) groups excluding carboxylic acids is 1. The Bertz CT molecular complexity index is 650. The van der Waals surface area contributed by atoms with E-state index >= 15 is 0 Å². The Morgan fingerprint density at radius 3 is 3.05 bits per heavy atom. The van der Waals surface area contributed by atoms with Crippen molar-refractivity contribution in [2.45, 2.75) is 12.8 Å². The van der Waals surface area contributed by atoms with E-state index in [0.717, 1.165) is 4.88 Å². The van der Waals surface area contributed by atoms with Gasteiger partial charge in [0.25, 0.3) is 0 Å². The zero-order valence-electron chi connectivity index (χ0n) is 11.2. The minimum Gasteiger partial charge on any atom is -0.481 e. The third kappa shape index (κ3) is 2.97. The fraction of sp³-hybridized carbons (Fsp3) is 0.357. The molecule has 6 nitrogen and oxygen atoms in total. The molecule has 1 N–H and O–H groups in total. The first-order chi connectivity index (χ1) is 10.1. The van der Waals surface area contributed by atoms with Crippen molar-refractivity contribution in [2.24, 2.45) is 5.92 Å². The second-order valence-corrected chi connectivity index (χ2v) is 5.91. The van der Waals surface area contributed by atoms with Gasteiger partial charge >= 0.3 is 5.97 Å². The van der Waals surface area contributed by atoms with E-state index in [2.05, 4.69) is 4.98 Å². The van der Waals surface area contributed by atoms with E-state index in [1.165, 1.54) is 17.6 Å². The number of carboxylic acid groups (broad SMARTS) is 1. The maximum atomic E-state index is 12.1. The van der Waals surface area contributed by atoms with Crippen LogP contribution >= 0.6 is 11.3 Å². The smallest absolute Gasteiger partial charge is 0.308 e. The van der Waals surface area contributed by atoms with Gasteiger partial charge < -0.3 is 14.4 Å². The van der Waals surface area contributed by atoms with E-state index in [1.807, 2.05) is 17.5 Å². The second-order valence-electron chi connectivity index (χ2n) is 4.96. The first-order valence-electron chi connectivity index (χ1n) is 6.62. The molecule has 0 aromatic carbocycles. The number of aromatic nitrogens is 1. The molecule has 1 saturated heterocycles. The average Bonchev–Trinajstić information content (AvgIpc) is 3.19. The van der Waals surface area contributed by atoms with Crippen LogP contribution in [0.3, 0.4) is 0 Å². The van der Waals surface area contributed by atoms with Crippen molar-refractivity contribution in [1.82, 2.24) is 9.88 Å². The van der Waals surface area contributed by atoms with Gasteiger partial charge in [-0.25, -0.2) is 4.98 Å². The van der Waals surface area contributed by atoms with E-state index in [0.29, 0.717) is 24.6 Å².